The van der Waals surface area contributed by atoms with Gasteiger partial charge >= 0.3 is 5.97 Å². The first-order valence-electron chi connectivity index (χ1n) is 8.25. The summed E-state index contributed by atoms with van der Waals surface area (Å²) in [6, 6.07) is 7.35. The predicted octanol–water partition coefficient (Wildman–Crippen LogP) is 4.11. The van der Waals surface area contributed by atoms with Crippen LogP contribution in [0.1, 0.15) is 12.7 Å². The molecule has 0 aliphatic carbocycles. The minimum atomic E-state index is -0.680. The van der Waals surface area contributed by atoms with Gasteiger partial charge in [0.15, 0.2) is 0 Å². The van der Waals surface area contributed by atoms with Crippen molar-refractivity contribution >= 4 is 52.2 Å². The first kappa shape index (κ1) is 20.6. The SMILES string of the molecule is CCOC(=O)CN1C(=O)S/C(=C/c2ccc(-c3ccc(Cl)c([N+](=O)[O-])c3)o2)C1=O. The zero-order valence-electron chi connectivity index (χ0n) is 14.9. The van der Waals surface area contributed by atoms with Crippen LogP contribution in [0.25, 0.3) is 17.4 Å². The molecular weight excluding hydrogens is 424 g/mol. The van der Waals surface area contributed by atoms with Crippen LogP contribution in [0.4, 0.5) is 10.5 Å². The predicted molar refractivity (Wildman–Crippen MR) is 105 cm³/mol. The first-order chi connectivity index (χ1) is 13.8. The van der Waals surface area contributed by atoms with E-state index in [-0.39, 0.29) is 28.0 Å². The van der Waals surface area contributed by atoms with Crippen molar-refractivity contribution in [2.45, 2.75) is 6.92 Å². The number of thioether (sulfide) groups is 1. The molecule has 2 amide bonds. The monoisotopic (exact) mass is 436 g/mol. The Bertz CT molecular complexity index is 1050. The molecule has 1 aromatic heterocycles. The van der Waals surface area contributed by atoms with Gasteiger partial charge in [0, 0.05) is 17.7 Å². The zero-order chi connectivity index (χ0) is 21.1. The van der Waals surface area contributed by atoms with Gasteiger partial charge in [-0.25, -0.2) is 0 Å². The molecule has 0 atom stereocenters. The van der Waals surface area contributed by atoms with E-state index in [0.29, 0.717) is 23.1 Å². The largest absolute Gasteiger partial charge is 0.465 e. The maximum absolute atomic E-state index is 12.4. The Morgan fingerprint density at radius 3 is 2.79 bits per heavy atom. The van der Waals surface area contributed by atoms with Crippen LogP contribution in [0, 0.1) is 10.1 Å². The number of benzene rings is 1. The van der Waals surface area contributed by atoms with Gasteiger partial charge in [-0.1, -0.05) is 11.6 Å². The van der Waals surface area contributed by atoms with Gasteiger partial charge in [-0.3, -0.25) is 29.4 Å². The molecule has 0 radical (unpaired) electrons. The number of ether oxygens (including phenoxy) is 1. The molecule has 0 saturated carbocycles. The topological polar surface area (TPSA) is 120 Å². The molecule has 0 bridgehead atoms. The molecule has 2 aromatic rings. The van der Waals surface area contributed by atoms with E-state index >= 15 is 0 Å². The Kier molecular flexibility index (Phi) is 6.04. The molecule has 150 valence electrons. The Morgan fingerprint density at radius 1 is 1.34 bits per heavy atom. The molecule has 29 heavy (non-hydrogen) atoms. The third kappa shape index (κ3) is 4.49. The number of nitro groups is 1. The number of nitro benzene ring substituents is 1. The van der Waals surface area contributed by atoms with Crippen LogP contribution in [0.2, 0.25) is 5.02 Å². The van der Waals surface area contributed by atoms with Crippen LogP contribution in [-0.2, 0) is 14.3 Å². The van der Waals surface area contributed by atoms with E-state index in [1.54, 1.807) is 25.1 Å². The number of imide groups is 1. The van der Waals surface area contributed by atoms with E-state index in [0.717, 1.165) is 4.90 Å². The fourth-order valence-corrected chi connectivity index (χ4v) is 3.50. The lowest BCUT2D eigenvalue weighted by Crippen LogP contribution is -2.34. The molecule has 0 spiro atoms. The van der Waals surface area contributed by atoms with Crippen LogP contribution in [-0.4, -0.2) is 40.1 Å². The van der Waals surface area contributed by atoms with Crippen molar-refractivity contribution in [1.82, 2.24) is 4.90 Å². The van der Waals surface area contributed by atoms with E-state index < -0.39 is 28.6 Å². The van der Waals surface area contributed by atoms with Gasteiger partial charge in [-0.05, 0) is 43.0 Å². The number of rotatable bonds is 6. The van der Waals surface area contributed by atoms with E-state index in [1.165, 1.54) is 18.2 Å². The Balaban J connectivity index is 1.81. The van der Waals surface area contributed by atoms with Gasteiger partial charge in [0.2, 0.25) is 0 Å². The molecule has 0 unspecified atom stereocenters. The van der Waals surface area contributed by atoms with E-state index in [2.05, 4.69) is 0 Å². The van der Waals surface area contributed by atoms with Gasteiger partial charge in [0.05, 0.1) is 16.4 Å². The number of amides is 2. The number of halogens is 1. The summed E-state index contributed by atoms with van der Waals surface area (Å²) in [4.78, 5) is 47.2. The average molecular weight is 437 g/mol. The molecule has 1 aliphatic heterocycles. The quantitative estimate of drug-likeness (QED) is 0.287. The van der Waals surface area contributed by atoms with Crippen molar-refractivity contribution < 1.29 is 28.5 Å². The molecule has 1 saturated heterocycles. The summed E-state index contributed by atoms with van der Waals surface area (Å²) in [5, 5.41) is 10.4. The van der Waals surface area contributed by atoms with Crippen molar-refractivity contribution in [2.75, 3.05) is 13.2 Å². The second-order valence-corrected chi connectivity index (χ2v) is 7.10. The van der Waals surface area contributed by atoms with Gasteiger partial charge in [-0.2, -0.15) is 0 Å². The van der Waals surface area contributed by atoms with E-state index in [9.17, 15) is 24.5 Å². The number of nitrogens with zero attached hydrogens (tertiary/aromatic N) is 2. The molecular formula is C18H13ClN2O7S. The lowest BCUT2D eigenvalue weighted by atomic mass is 10.1. The Labute approximate surface area is 173 Å². The van der Waals surface area contributed by atoms with E-state index in [4.69, 9.17) is 20.8 Å². The second-order valence-electron chi connectivity index (χ2n) is 5.70. The minimum Gasteiger partial charge on any atom is -0.465 e. The summed E-state index contributed by atoms with van der Waals surface area (Å²) in [7, 11) is 0. The number of furan rings is 1. The maximum Gasteiger partial charge on any atom is 0.326 e. The van der Waals surface area contributed by atoms with Crippen molar-refractivity contribution in [2.24, 2.45) is 0 Å². The smallest absolute Gasteiger partial charge is 0.326 e. The summed E-state index contributed by atoms with van der Waals surface area (Å²) in [5.41, 5.74) is 0.165. The summed E-state index contributed by atoms with van der Waals surface area (Å²) in [6.07, 6.45) is 1.36. The lowest BCUT2D eigenvalue weighted by Gasteiger charge is -2.10. The Morgan fingerprint density at radius 2 is 2.10 bits per heavy atom. The van der Waals surface area contributed by atoms with Crippen molar-refractivity contribution in [3.63, 3.8) is 0 Å². The van der Waals surface area contributed by atoms with Crippen LogP contribution in [0.5, 0.6) is 0 Å². The number of carbonyl (C=O) groups excluding carboxylic acids is 3. The number of hydrogen-bond acceptors (Lipinski definition) is 8. The van der Waals surface area contributed by atoms with Gasteiger partial charge in [0.1, 0.15) is 23.1 Å². The van der Waals surface area contributed by atoms with Crippen molar-refractivity contribution in [3.05, 3.63) is 56.1 Å². The van der Waals surface area contributed by atoms with Crippen LogP contribution < -0.4 is 0 Å². The number of carbonyl (C=O) groups is 3. The highest BCUT2D eigenvalue weighted by molar-refractivity contribution is 8.18. The molecule has 11 heteroatoms. The van der Waals surface area contributed by atoms with E-state index in [1.807, 2.05) is 0 Å². The molecule has 1 fully saturated rings. The zero-order valence-corrected chi connectivity index (χ0v) is 16.5. The van der Waals surface area contributed by atoms with Gasteiger partial charge < -0.3 is 9.15 Å². The summed E-state index contributed by atoms with van der Waals surface area (Å²) in [6.45, 7) is 1.30. The second kappa shape index (κ2) is 8.50. The first-order valence-corrected chi connectivity index (χ1v) is 9.44. The molecule has 0 N–H and O–H groups in total. The molecule has 3 rings (SSSR count). The normalized spacial score (nSPS) is 15.2. The van der Waals surface area contributed by atoms with Crippen molar-refractivity contribution in [3.8, 4) is 11.3 Å². The third-order valence-corrected chi connectivity index (χ3v) is 5.02. The third-order valence-electron chi connectivity index (χ3n) is 3.79. The highest BCUT2D eigenvalue weighted by Crippen LogP contribution is 2.34. The summed E-state index contributed by atoms with van der Waals surface area (Å²) >= 11 is 6.48. The van der Waals surface area contributed by atoms with Crippen LogP contribution in [0.3, 0.4) is 0 Å². The fourth-order valence-electron chi connectivity index (χ4n) is 2.49. The van der Waals surface area contributed by atoms with Gasteiger partial charge in [-0.15, -0.1) is 0 Å². The lowest BCUT2D eigenvalue weighted by molar-refractivity contribution is -0.384. The molecule has 1 aromatic carbocycles. The maximum atomic E-state index is 12.4. The molecule has 2 heterocycles. The molecule has 9 nitrogen and oxygen atoms in total. The fraction of sp³-hybridized carbons (Fsp3) is 0.167. The minimum absolute atomic E-state index is 0.000744. The number of esters is 1. The highest BCUT2D eigenvalue weighted by atomic mass is 35.5. The Hall–Kier alpha value is -3.11. The van der Waals surface area contributed by atoms with Crippen LogP contribution in [0.15, 0.2) is 39.7 Å². The standard InChI is InChI=1S/C18H13ClN2O7S/c1-2-27-16(22)9-20-17(23)15(29-18(20)24)8-11-4-6-14(28-11)10-3-5-12(19)13(7-10)21(25)26/h3-8H,2,9H2,1H3/b15-8+. The van der Waals surface area contributed by atoms with Gasteiger partial charge in [0.25, 0.3) is 16.8 Å². The molecule has 1 aliphatic rings. The highest BCUT2D eigenvalue weighted by Gasteiger charge is 2.36. The number of hydrogen-bond donors (Lipinski definition) is 0. The average Bonchev–Trinajstić information content (AvgIpc) is 3.23. The summed E-state index contributed by atoms with van der Waals surface area (Å²) < 4.78 is 10.4. The van der Waals surface area contributed by atoms with Crippen LogP contribution >= 0.6 is 23.4 Å². The van der Waals surface area contributed by atoms with Crippen molar-refractivity contribution in [1.29, 1.82) is 0 Å². The summed E-state index contributed by atoms with van der Waals surface area (Å²) in [5.74, 6) is -0.727.